The van der Waals surface area contributed by atoms with Crippen LogP contribution in [0.15, 0.2) is 48.5 Å². The predicted molar refractivity (Wildman–Crippen MR) is 113 cm³/mol. The van der Waals surface area contributed by atoms with E-state index in [0.29, 0.717) is 5.56 Å². The Balaban J connectivity index is 1.37. The van der Waals surface area contributed by atoms with Gasteiger partial charge in [0.25, 0.3) is 5.09 Å². The normalized spacial score (nSPS) is 23.1. The van der Waals surface area contributed by atoms with Crippen LogP contribution in [0, 0.1) is 10.1 Å². The Kier molecular flexibility index (Phi) is 6.85. The Hall–Kier alpha value is -3.83. The van der Waals surface area contributed by atoms with Gasteiger partial charge in [-0.05, 0) is 30.7 Å². The number of nitrogens with zero attached hydrogens (tertiary/aromatic N) is 1. The number of carbonyl (C=O) groups excluding carboxylic acids is 3. The average molecular weight is 471 g/mol. The van der Waals surface area contributed by atoms with Crippen LogP contribution in [0.5, 0.6) is 0 Å². The van der Waals surface area contributed by atoms with Gasteiger partial charge in [0.05, 0.1) is 24.3 Å². The minimum Gasteiger partial charge on any atom is -0.453 e. The van der Waals surface area contributed by atoms with Crippen molar-refractivity contribution in [3.05, 3.63) is 80.9 Å². The zero-order valence-corrected chi connectivity index (χ0v) is 18.1. The first-order valence-electron chi connectivity index (χ1n) is 10.4. The van der Waals surface area contributed by atoms with Gasteiger partial charge >= 0.3 is 11.9 Å². The van der Waals surface area contributed by atoms with E-state index < -0.39 is 41.4 Å². The first-order chi connectivity index (χ1) is 16.3. The maximum absolute atomic E-state index is 12.7. The van der Waals surface area contributed by atoms with Crippen LogP contribution in [0.2, 0.25) is 0 Å². The Labute approximate surface area is 193 Å². The second kappa shape index (κ2) is 9.98. The van der Waals surface area contributed by atoms with Gasteiger partial charge in [-0.3, -0.25) is 4.79 Å². The molecule has 0 unspecified atom stereocenters. The molecule has 2 aliphatic rings. The van der Waals surface area contributed by atoms with E-state index in [-0.39, 0.29) is 42.3 Å². The molecule has 2 fully saturated rings. The molecule has 2 aromatic rings. The first kappa shape index (κ1) is 23.3. The summed E-state index contributed by atoms with van der Waals surface area (Å²) in [4.78, 5) is 51.7. The van der Waals surface area contributed by atoms with Gasteiger partial charge in [0.15, 0.2) is 18.0 Å². The van der Waals surface area contributed by atoms with E-state index in [1.165, 1.54) is 25.1 Å². The molecule has 11 heteroatoms. The SMILES string of the molecule is CC(=O)c1ccccc1C(=O)O[C@H]1CO[C@H]2[C@@H]1OC[C@H]2OC(=O)c1cccc(CO[N+](=O)[O-])c1. The van der Waals surface area contributed by atoms with Crippen molar-refractivity contribution in [3.63, 3.8) is 0 Å². The van der Waals surface area contributed by atoms with Crippen molar-refractivity contribution in [1.29, 1.82) is 0 Å². The highest BCUT2D eigenvalue weighted by atomic mass is 16.9. The first-order valence-corrected chi connectivity index (χ1v) is 10.4. The standard InChI is InChI=1S/C23H21NO10/c1-13(25)16-7-2-3-8-17(16)23(27)34-19-12-31-20-18(11-30-21(19)20)33-22(26)15-6-4-5-14(9-15)10-32-24(28)29/h2-9,18-21H,10-12H2,1H3/t18-,19+,20-,21-/m1/s1. The summed E-state index contributed by atoms with van der Waals surface area (Å²) in [5, 5.41) is 9.45. The van der Waals surface area contributed by atoms with Gasteiger partial charge in [-0.2, -0.15) is 0 Å². The third-order valence-corrected chi connectivity index (χ3v) is 5.50. The smallest absolute Gasteiger partial charge is 0.339 e. The quantitative estimate of drug-likeness (QED) is 0.243. The van der Waals surface area contributed by atoms with E-state index in [9.17, 15) is 24.5 Å². The van der Waals surface area contributed by atoms with Crippen molar-refractivity contribution < 1.29 is 43.3 Å². The molecule has 0 amide bonds. The zero-order valence-electron chi connectivity index (χ0n) is 18.1. The zero-order chi connectivity index (χ0) is 24.2. The fraction of sp³-hybridized carbons (Fsp3) is 0.348. The van der Waals surface area contributed by atoms with Crippen molar-refractivity contribution in [2.45, 2.75) is 37.9 Å². The lowest BCUT2D eigenvalue weighted by molar-refractivity contribution is -0.763. The van der Waals surface area contributed by atoms with E-state index in [0.717, 1.165) is 0 Å². The number of benzene rings is 2. The number of rotatable bonds is 8. The molecule has 0 N–H and O–H groups in total. The summed E-state index contributed by atoms with van der Waals surface area (Å²) in [7, 11) is 0. The Morgan fingerprint density at radius 1 is 0.941 bits per heavy atom. The third-order valence-electron chi connectivity index (χ3n) is 5.50. The number of fused-ring (bicyclic) bond motifs is 1. The van der Waals surface area contributed by atoms with Crippen LogP contribution in [-0.2, 0) is 30.4 Å². The molecule has 2 aromatic carbocycles. The summed E-state index contributed by atoms with van der Waals surface area (Å²) in [5.41, 5.74) is 1.03. The lowest BCUT2D eigenvalue weighted by atomic mass is 10.0. The number of hydrogen-bond donors (Lipinski definition) is 0. The van der Waals surface area contributed by atoms with E-state index in [1.54, 1.807) is 30.3 Å². The maximum Gasteiger partial charge on any atom is 0.339 e. The van der Waals surface area contributed by atoms with E-state index in [1.807, 2.05) is 0 Å². The van der Waals surface area contributed by atoms with Gasteiger partial charge < -0.3 is 23.8 Å². The minimum absolute atomic E-state index is 0.0449. The molecular weight excluding hydrogens is 450 g/mol. The van der Waals surface area contributed by atoms with Crippen LogP contribution in [0.25, 0.3) is 0 Å². The number of Topliss-reactive ketones (excluding diaryl/α,β-unsaturated/α-hetero) is 1. The Morgan fingerprint density at radius 2 is 1.56 bits per heavy atom. The van der Waals surface area contributed by atoms with Crippen molar-refractivity contribution in [3.8, 4) is 0 Å². The van der Waals surface area contributed by atoms with Crippen LogP contribution in [-0.4, -0.2) is 60.4 Å². The van der Waals surface area contributed by atoms with Gasteiger partial charge in [-0.15, -0.1) is 10.1 Å². The molecule has 4 rings (SSSR count). The van der Waals surface area contributed by atoms with E-state index in [4.69, 9.17) is 18.9 Å². The van der Waals surface area contributed by atoms with Crippen LogP contribution in [0.3, 0.4) is 0 Å². The second-order valence-corrected chi connectivity index (χ2v) is 7.78. The van der Waals surface area contributed by atoms with Crippen LogP contribution in [0.1, 0.15) is 43.6 Å². The molecule has 178 valence electrons. The van der Waals surface area contributed by atoms with Crippen molar-refractivity contribution in [2.24, 2.45) is 0 Å². The maximum atomic E-state index is 12.7. The summed E-state index contributed by atoms with van der Waals surface area (Å²) < 4.78 is 22.5. The van der Waals surface area contributed by atoms with E-state index >= 15 is 0 Å². The Bertz CT molecular complexity index is 1120. The molecule has 2 aliphatic heterocycles. The van der Waals surface area contributed by atoms with Crippen LogP contribution in [0.4, 0.5) is 0 Å². The summed E-state index contributed by atoms with van der Waals surface area (Å²) in [6.07, 6.45) is -2.73. The Morgan fingerprint density at radius 3 is 2.18 bits per heavy atom. The van der Waals surface area contributed by atoms with Crippen LogP contribution >= 0.6 is 0 Å². The molecule has 0 saturated carbocycles. The molecule has 11 nitrogen and oxygen atoms in total. The fourth-order valence-electron chi connectivity index (χ4n) is 3.92. The monoisotopic (exact) mass is 471 g/mol. The third kappa shape index (κ3) is 5.05. The van der Waals surface area contributed by atoms with Crippen LogP contribution < -0.4 is 0 Å². The van der Waals surface area contributed by atoms with Crippen molar-refractivity contribution in [1.82, 2.24) is 0 Å². The molecular formula is C23H21NO10. The largest absolute Gasteiger partial charge is 0.453 e. The molecule has 34 heavy (non-hydrogen) atoms. The molecule has 0 radical (unpaired) electrons. The number of ketones is 1. The topological polar surface area (TPSA) is 141 Å². The van der Waals surface area contributed by atoms with Gasteiger partial charge in [-0.25, -0.2) is 9.59 Å². The summed E-state index contributed by atoms with van der Waals surface area (Å²) >= 11 is 0. The second-order valence-electron chi connectivity index (χ2n) is 7.78. The lowest BCUT2D eigenvalue weighted by Crippen LogP contribution is -2.36. The lowest BCUT2D eigenvalue weighted by Gasteiger charge is -2.18. The van der Waals surface area contributed by atoms with Gasteiger partial charge in [0.2, 0.25) is 0 Å². The summed E-state index contributed by atoms with van der Waals surface area (Å²) in [5.74, 6) is -1.58. The highest BCUT2D eigenvalue weighted by Crippen LogP contribution is 2.31. The number of carbonyl (C=O) groups is 3. The van der Waals surface area contributed by atoms with Gasteiger partial charge in [0.1, 0.15) is 18.8 Å². The van der Waals surface area contributed by atoms with Gasteiger partial charge in [-0.1, -0.05) is 30.3 Å². The number of ether oxygens (including phenoxy) is 4. The van der Waals surface area contributed by atoms with Crippen molar-refractivity contribution in [2.75, 3.05) is 13.2 Å². The molecule has 4 atom stereocenters. The molecule has 2 saturated heterocycles. The fourth-order valence-corrected chi connectivity index (χ4v) is 3.92. The van der Waals surface area contributed by atoms with Gasteiger partial charge in [0, 0.05) is 5.56 Å². The number of hydrogen-bond acceptors (Lipinski definition) is 10. The molecule has 2 heterocycles. The molecule has 0 spiro atoms. The highest BCUT2D eigenvalue weighted by Gasteiger charge is 2.51. The summed E-state index contributed by atoms with van der Waals surface area (Å²) in [6.45, 7) is 1.16. The molecule has 0 aliphatic carbocycles. The average Bonchev–Trinajstić information content (AvgIpc) is 3.41. The summed E-state index contributed by atoms with van der Waals surface area (Å²) in [6, 6.07) is 12.4. The number of esters is 2. The van der Waals surface area contributed by atoms with E-state index in [2.05, 4.69) is 4.84 Å². The molecule has 0 aromatic heterocycles. The van der Waals surface area contributed by atoms with Crippen molar-refractivity contribution >= 4 is 17.7 Å². The highest BCUT2D eigenvalue weighted by molar-refractivity contribution is 6.05. The molecule has 0 bridgehead atoms. The predicted octanol–water partition coefficient (Wildman–Crippen LogP) is 2.15. The minimum atomic E-state index is -0.916.